The molecule has 0 spiro atoms. The summed E-state index contributed by atoms with van der Waals surface area (Å²) in [5, 5.41) is 0. The summed E-state index contributed by atoms with van der Waals surface area (Å²) in [6, 6.07) is 4.83. The molecule has 0 radical (unpaired) electrons. The molecule has 2 N–H and O–H groups in total. The summed E-state index contributed by atoms with van der Waals surface area (Å²) < 4.78 is 13.3. The second-order valence-electron chi connectivity index (χ2n) is 5.14. The van der Waals surface area contributed by atoms with Crippen molar-refractivity contribution >= 4 is 0 Å². The van der Waals surface area contributed by atoms with Crippen molar-refractivity contribution in [2.24, 2.45) is 5.73 Å². The molecule has 1 aromatic carbocycles. The molecule has 0 aromatic heterocycles. The third kappa shape index (κ3) is 3.51. The maximum Gasteiger partial charge on any atom is 0.123 e. The van der Waals surface area contributed by atoms with Crippen LogP contribution in [0.4, 0.5) is 4.39 Å². The topological polar surface area (TPSA) is 29.3 Å². The Bertz CT molecular complexity index is 374. The summed E-state index contributed by atoms with van der Waals surface area (Å²) in [6.07, 6.45) is 1.05. The van der Waals surface area contributed by atoms with E-state index in [0.29, 0.717) is 6.54 Å². The number of hydrogen-bond donors (Lipinski definition) is 1. The molecule has 0 saturated heterocycles. The molecule has 1 aromatic rings. The number of nitrogens with zero attached hydrogens (tertiary/aromatic N) is 1. The SMILES string of the molecule is CCC(C)(C)N(C)Cc1cc(F)ccc1CN. The van der Waals surface area contributed by atoms with Gasteiger partial charge in [-0.2, -0.15) is 0 Å². The highest BCUT2D eigenvalue weighted by molar-refractivity contribution is 5.27. The van der Waals surface area contributed by atoms with Crippen molar-refractivity contribution < 1.29 is 4.39 Å². The van der Waals surface area contributed by atoms with Gasteiger partial charge in [0.1, 0.15) is 5.82 Å². The van der Waals surface area contributed by atoms with Gasteiger partial charge >= 0.3 is 0 Å². The molecule has 0 aliphatic carbocycles. The average Bonchev–Trinajstić information content (AvgIpc) is 2.29. The summed E-state index contributed by atoms with van der Waals surface area (Å²) in [4.78, 5) is 2.24. The highest BCUT2D eigenvalue weighted by Gasteiger charge is 2.21. The third-order valence-corrected chi connectivity index (χ3v) is 3.69. The molecule has 0 heterocycles. The monoisotopic (exact) mass is 238 g/mol. The minimum Gasteiger partial charge on any atom is -0.326 e. The quantitative estimate of drug-likeness (QED) is 0.854. The van der Waals surface area contributed by atoms with Gasteiger partial charge in [-0.15, -0.1) is 0 Å². The Morgan fingerprint density at radius 2 is 1.94 bits per heavy atom. The summed E-state index contributed by atoms with van der Waals surface area (Å²) in [6.45, 7) is 7.72. The number of nitrogens with two attached hydrogens (primary N) is 1. The lowest BCUT2D eigenvalue weighted by molar-refractivity contribution is 0.142. The number of benzene rings is 1. The number of halogens is 1. The van der Waals surface area contributed by atoms with Gasteiger partial charge in [-0.05, 0) is 50.6 Å². The minimum atomic E-state index is -0.195. The lowest BCUT2D eigenvalue weighted by atomic mass is 9.98. The zero-order chi connectivity index (χ0) is 13.1. The second kappa shape index (κ2) is 5.61. The fraction of sp³-hybridized carbons (Fsp3) is 0.571. The smallest absolute Gasteiger partial charge is 0.123 e. The van der Waals surface area contributed by atoms with Gasteiger partial charge in [0.05, 0.1) is 0 Å². The van der Waals surface area contributed by atoms with E-state index in [0.717, 1.165) is 24.1 Å². The summed E-state index contributed by atoms with van der Waals surface area (Å²) in [7, 11) is 2.06. The Kier molecular flexibility index (Phi) is 4.66. The maximum atomic E-state index is 13.3. The first-order valence-corrected chi connectivity index (χ1v) is 6.09. The summed E-state index contributed by atoms with van der Waals surface area (Å²) >= 11 is 0. The van der Waals surface area contributed by atoms with Crippen LogP contribution in [0.3, 0.4) is 0 Å². The van der Waals surface area contributed by atoms with E-state index in [9.17, 15) is 4.39 Å². The van der Waals surface area contributed by atoms with Crippen LogP contribution >= 0.6 is 0 Å². The fourth-order valence-electron chi connectivity index (χ4n) is 1.68. The highest BCUT2D eigenvalue weighted by Crippen LogP contribution is 2.21. The molecular weight excluding hydrogens is 215 g/mol. The van der Waals surface area contributed by atoms with Crippen LogP contribution in [-0.2, 0) is 13.1 Å². The molecule has 96 valence electrons. The Labute approximate surface area is 104 Å². The van der Waals surface area contributed by atoms with Crippen molar-refractivity contribution in [1.29, 1.82) is 0 Å². The van der Waals surface area contributed by atoms with Crippen molar-refractivity contribution in [3.63, 3.8) is 0 Å². The van der Waals surface area contributed by atoms with Crippen LogP contribution in [0, 0.1) is 5.82 Å². The van der Waals surface area contributed by atoms with E-state index in [-0.39, 0.29) is 11.4 Å². The molecule has 0 saturated carbocycles. The molecule has 0 unspecified atom stereocenters. The van der Waals surface area contributed by atoms with Crippen LogP contribution in [-0.4, -0.2) is 17.5 Å². The molecular formula is C14H23FN2. The van der Waals surface area contributed by atoms with Gasteiger partial charge in [0, 0.05) is 18.6 Å². The molecule has 3 heteroatoms. The van der Waals surface area contributed by atoms with E-state index in [1.54, 1.807) is 12.1 Å². The predicted molar refractivity (Wildman–Crippen MR) is 70.1 cm³/mol. The van der Waals surface area contributed by atoms with E-state index in [1.165, 1.54) is 6.07 Å². The standard InChI is InChI=1S/C14H23FN2/c1-5-14(2,3)17(4)10-12-8-13(15)7-6-11(12)9-16/h6-8H,5,9-10,16H2,1-4H3. The molecule has 2 nitrogen and oxygen atoms in total. The lowest BCUT2D eigenvalue weighted by Crippen LogP contribution is -2.40. The van der Waals surface area contributed by atoms with Crippen LogP contribution in [0.25, 0.3) is 0 Å². The van der Waals surface area contributed by atoms with E-state index in [4.69, 9.17) is 5.73 Å². The molecule has 0 atom stereocenters. The van der Waals surface area contributed by atoms with Crippen LogP contribution in [0.2, 0.25) is 0 Å². The van der Waals surface area contributed by atoms with Crippen molar-refractivity contribution in [2.45, 2.75) is 45.8 Å². The van der Waals surface area contributed by atoms with Gasteiger partial charge in [-0.3, -0.25) is 4.90 Å². The van der Waals surface area contributed by atoms with Crippen LogP contribution in [0.1, 0.15) is 38.3 Å². The first-order valence-electron chi connectivity index (χ1n) is 6.09. The van der Waals surface area contributed by atoms with E-state index < -0.39 is 0 Å². The Hall–Kier alpha value is -0.930. The molecule has 0 fully saturated rings. The van der Waals surface area contributed by atoms with Gasteiger partial charge in [0.2, 0.25) is 0 Å². The van der Waals surface area contributed by atoms with Gasteiger partial charge in [0.15, 0.2) is 0 Å². The highest BCUT2D eigenvalue weighted by atomic mass is 19.1. The third-order valence-electron chi connectivity index (χ3n) is 3.69. The zero-order valence-electron chi connectivity index (χ0n) is 11.3. The van der Waals surface area contributed by atoms with Crippen molar-refractivity contribution in [1.82, 2.24) is 4.90 Å². The molecule has 1 rings (SSSR count). The lowest BCUT2D eigenvalue weighted by Gasteiger charge is -2.35. The first-order chi connectivity index (χ1) is 7.90. The normalized spacial score (nSPS) is 12.2. The Morgan fingerprint density at radius 3 is 2.47 bits per heavy atom. The van der Waals surface area contributed by atoms with E-state index in [1.807, 2.05) is 0 Å². The molecule has 0 bridgehead atoms. The van der Waals surface area contributed by atoms with Crippen molar-refractivity contribution in [2.75, 3.05) is 7.05 Å². The Balaban J connectivity index is 2.91. The minimum absolute atomic E-state index is 0.109. The average molecular weight is 238 g/mol. The molecule has 0 aliphatic rings. The maximum absolute atomic E-state index is 13.3. The fourth-order valence-corrected chi connectivity index (χ4v) is 1.68. The Morgan fingerprint density at radius 1 is 1.29 bits per heavy atom. The van der Waals surface area contributed by atoms with Crippen LogP contribution in [0.15, 0.2) is 18.2 Å². The zero-order valence-corrected chi connectivity index (χ0v) is 11.3. The summed E-state index contributed by atoms with van der Waals surface area (Å²) in [5.41, 5.74) is 7.79. The molecule has 17 heavy (non-hydrogen) atoms. The number of hydrogen-bond acceptors (Lipinski definition) is 2. The van der Waals surface area contributed by atoms with Crippen molar-refractivity contribution in [3.05, 3.63) is 35.1 Å². The van der Waals surface area contributed by atoms with Gasteiger partial charge < -0.3 is 5.73 Å². The van der Waals surface area contributed by atoms with Crippen LogP contribution < -0.4 is 5.73 Å². The molecule has 0 aliphatic heterocycles. The van der Waals surface area contributed by atoms with Gasteiger partial charge in [-0.25, -0.2) is 4.39 Å². The van der Waals surface area contributed by atoms with Gasteiger partial charge in [-0.1, -0.05) is 13.0 Å². The van der Waals surface area contributed by atoms with E-state index in [2.05, 4.69) is 32.7 Å². The van der Waals surface area contributed by atoms with Gasteiger partial charge in [0.25, 0.3) is 0 Å². The van der Waals surface area contributed by atoms with Crippen LogP contribution in [0.5, 0.6) is 0 Å². The number of rotatable bonds is 5. The second-order valence-corrected chi connectivity index (χ2v) is 5.14. The first kappa shape index (κ1) is 14.1. The van der Waals surface area contributed by atoms with Crippen molar-refractivity contribution in [3.8, 4) is 0 Å². The predicted octanol–water partition coefficient (Wildman–Crippen LogP) is 2.90. The largest absolute Gasteiger partial charge is 0.326 e. The molecule has 0 amide bonds. The van der Waals surface area contributed by atoms with E-state index >= 15 is 0 Å². The summed E-state index contributed by atoms with van der Waals surface area (Å²) in [5.74, 6) is -0.195.